The molecule has 0 heterocycles. The monoisotopic (exact) mass is 349 g/mol. The molecule has 2 aromatic rings. The number of nitrogens with one attached hydrogen (secondary N) is 1. The summed E-state index contributed by atoms with van der Waals surface area (Å²) in [5.74, 6) is 1.73. The molecule has 1 N–H and O–H groups in total. The Bertz CT molecular complexity index is 601. The summed E-state index contributed by atoms with van der Waals surface area (Å²) in [5.41, 5.74) is 2.32. The predicted molar refractivity (Wildman–Crippen MR) is 89.2 cm³/mol. The molecule has 0 saturated carbocycles. The smallest absolute Gasteiger partial charge is 0.120 e. The van der Waals surface area contributed by atoms with Crippen molar-refractivity contribution in [2.24, 2.45) is 0 Å². The van der Waals surface area contributed by atoms with Gasteiger partial charge in [0.1, 0.15) is 11.5 Å². The molecule has 4 heteroatoms. The van der Waals surface area contributed by atoms with Gasteiger partial charge < -0.3 is 14.8 Å². The molecule has 0 bridgehead atoms. The first kappa shape index (κ1) is 15.9. The second-order valence-corrected chi connectivity index (χ2v) is 5.47. The van der Waals surface area contributed by atoms with E-state index in [2.05, 4.69) is 33.4 Å². The first-order valence-electron chi connectivity index (χ1n) is 6.93. The van der Waals surface area contributed by atoms with E-state index >= 15 is 0 Å². The summed E-state index contributed by atoms with van der Waals surface area (Å²) in [6.45, 7) is 2.64. The summed E-state index contributed by atoms with van der Waals surface area (Å²) in [6, 6.07) is 14.2. The zero-order valence-corrected chi connectivity index (χ0v) is 14.1. The van der Waals surface area contributed by atoms with Crippen LogP contribution >= 0.6 is 15.9 Å². The summed E-state index contributed by atoms with van der Waals surface area (Å²) in [6.07, 6.45) is 0. The molecule has 0 radical (unpaired) electrons. The maximum atomic E-state index is 5.53. The third-order valence-electron chi connectivity index (χ3n) is 3.31. The Morgan fingerprint density at radius 3 is 2.57 bits per heavy atom. The Morgan fingerprint density at radius 2 is 1.95 bits per heavy atom. The fourth-order valence-electron chi connectivity index (χ4n) is 2.32. The van der Waals surface area contributed by atoms with E-state index in [4.69, 9.17) is 9.47 Å². The molecule has 21 heavy (non-hydrogen) atoms. The number of benzene rings is 2. The van der Waals surface area contributed by atoms with Gasteiger partial charge in [0.2, 0.25) is 0 Å². The van der Waals surface area contributed by atoms with Crippen molar-refractivity contribution in [1.29, 1.82) is 0 Å². The van der Waals surface area contributed by atoms with Gasteiger partial charge in [-0.3, -0.25) is 0 Å². The lowest BCUT2D eigenvalue weighted by Gasteiger charge is -2.20. The van der Waals surface area contributed by atoms with Crippen molar-refractivity contribution in [1.82, 2.24) is 5.32 Å². The van der Waals surface area contributed by atoms with Gasteiger partial charge in [0.05, 0.1) is 19.8 Å². The van der Waals surface area contributed by atoms with E-state index < -0.39 is 0 Å². The Labute approximate surface area is 134 Å². The molecule has 1 unspecified atom stereocenters. The van der Waals surface area contributed by atoms with Gasteiger partial charge in [-0.1, -0.05) is 34.1 Å². The minimum Gasteiger partial charge on any atom is -0.497 e. The van der Waals surface area contributed by atoms with Crippen LogP contribution in [0.1, 0.15) is 24.1 Å². The van der Waals surface area contributed by atoms with Crippen LogP contribution in [0, 0.1) is 0 Å². The Morgan fingerprint density at radius 1 is 1.14 bits per heavy atom. The van der Waals surface area contributed by atoms with Gasteiger partial charge in [-0.05, 0) is 49.4 Å². The van der Waals surface area contributed by atoms with E-state index in [1.165, 1.54) is 0 Å². The highest BCUT2D eigenvalue weighted by Crippen LogP contribution is 2.32. The molecule has 0 aliphatic carbocycles. The van der Waals surface area contributed by atoms with Gasteiger partial charge in [-0.2, -0.15) is 0 Å². The second kappa shape index (κ2) is 7.48. The largest absolute Gasteiger partial charge is 0.497 e. The fraction of sp³-hybridized carbons (Fsp3) is 0.294. The lowest BCUT2D eigenvalue weighted by atomic mass is 9.98. The highest BCUT2D eigenvalue weighted by atomic mass is 79.9. The van der Waals surface area contributed by atoms with E-state index in [-0.39, 0.29) is 6.04 Å². The molecule has 112 valence electrons. The molecule has 0 spiro atoms. The van der Waals surface area contributed by atoms with Crippen LogP contribution in [-0.2, 0) is 0 Å². The quantitative estimate of drug-likeness (QED) is 0.848. The zero-order valence-electron chi connectivity index (χ0n) is 12.5. The standard InChI is InChI=1S/C17H20BrNO2/c1-4-21-14-8-9-15(16(18)11-14)17(19-2)12-6-5-7-13(10-12)20-3/h5-11,17,19H,4H2,1-3H3. The molecule has 2 aromatic carbocycles. The van der Waals surface area contributed by atoms with Crippen molar-refractivity contribution in [3.8, 4) is 11.5 Å². The van der Waals surface area contributed by atoms with E-state index in [1.54, 1.807) is 7.11 Å². The van der Waals surface area contributed by atoms with Crippen LogP contribution in [0.15, 0.2) is 46.9 Å². The number of hydrogen-bond acceptors (Lipinski definition) is 3. The average molecular weight is 350 g/mol. The molecule has 3 nitrogen and oxygen atoms in total. The van der Waals surface area contributed by atoms with Gasteiger partial charge in [0.15, 0.2) is 0 Å². The van der Waals surface area contributed by atoms with Crippen molar-refractivity contribution >= 4 is 15.9 Å². The summed E-state index contributed by atoms with van der Waals surface area (Å²) in [4.78, 5) is 0. The molecule has 0 saturated heterocycles. The van der Waals surface area contributed by atoms with Crippen molar-refractivity contribution < 1.29 is 9.47 Å². The second-order valence-electron chi connectivity index (χ2n) is 4.61. The van der Waals surface area contributed by atoms with Gasteiger partial charge in [0, 0.05) is 4.47 Å². The minimum absolute atomic E-state index is 0.0881. The Kier molecular flexibility index (Phi) is 5.65. The average Bonchev–Trinajstić information content (AvgIpc) is 2.50. The highest BCUT2D eigenvalue weighted by molar-refractivity contribution is 9.10. The van der Waals surface area contributed by atoms with Crippen LogP contribution in [0.3, 0.4) is 0 Å². The van der Waals surface area contributed by atoms with E-state index in [0.717, 1.165) is 27.1 Å². The van der Waals surface area contributed by atoms with Crippen LogP contribution in [0.4, 0.5) is 0 Å². The third kappa shape index (κ3) is 3.77. The SMILES string of the molecule is CCOc1ccc(C(NC)c2cccc(OC)c2)c(Br)c1. The molecule has 0 aliphatic heterocycles. The molecule has 0 amide bonds. The first-order valence-corrected chi connectivity index (χ1v) is 7.72. The normalized spacial score (nSPS) is 12.0. The van der Waals surface area contributed by atoms with Crippen LogP contribution in [-0.4, -0.2) is 20.8 Å². The van der Waals surface area contributed by atoms with Crippen LogP contribution in [0.5, 0.6) is 11.5 Å². The lowest BCUT2D eigenvalue weighted by molar-refractivity contribution is 0.340. The van der Waals surface area contributed by atoms with Crippen LogP contribution < -0.4 is 14.8 Å². The van der Waals surface area contributed by atoms with Crippen molar-refractivity contribution in [2.45, 2.75) is 13.0 Å². The maximum Gasteiger partial charge on any atom is 0.120 e. The van der Waals surface area contributed by atoms with Gasteiger partial charge in [0.25, 0.3) is 0 Å². The molecule has 0 aliphatic rings. The topological polar surface area (TPSA) is 30.5 Å². The maximum absolute atomic E-state index is 5.53. The van der Waals surface area contributed by atoms with Crippen molar-refractivity contribution in [3.63, 3.8) is 0 Å². The molecule has 0 fully saturated rings. The molecular weight excluding hydrogens is 330 g/mol. The van der Waals surface area contributed by atoms with E-state index in [9.17, 15) is 0 Å². The molecular formula is C17H20BrNO2. The summed E-state index contributed by atoms with van der Waals surface area (Å²) in [7, 11) is 3.63. The molecule has 0 aromatic heterocycles. The van der Waals surface area contributed by atoms with Gasteiger partial charge in [-0.25, -0.2) is 0 Å². The van der Waals surface area contributed by atoms with E-state index in [1.807, 2.05) is 44.3 Å². The number of ether oxygens (including phenoxy) is 2. The number of rotatable bonds is 6. The number of hydrogen-bond donors (Lipinski definition) is 1. The first-order chi connectivity index (χ1) is 10.2. The van der Waals surface area contributed by atoms with Crippen molar-refractivity contribution in [3.05, 3.63) is 58.1 Å². The van der Waals surface area contributed by atoms with Gasteiger partial charge >= 0.3 is 0 Å². The predicted octanol–water partition coefficient (Wildman–Crippen LogP) is 4.17. The lowest BCUT2D eigenvalue weighted by Crippen LogP contribution is -2.18. The number of methoxy groups -OCH3 is 1. The van der Waals surface area contributed by atoms with Gasteiger partial charge in [-0.15, -0.1) is 0 Å². The highest BCUT2D eigenvalue weighted by Gasteiger charge is 2.16. The molecule has 1 atom stereocenters. The fourth-order valence-corrected chi connectivity index (χ4v) is 2.91. The van der Waals surface area contributed by atoms with Crippen LogP contribution in [0.2, 0.25) is 0 Å². The zero-order chi connectivity index (χ0) is 15.2. The summed E-state index contributed by atoms with van der Waals surface area (Å²) >= 11 is 3.64. The Balaban J connectivity index is 2.36. The third-order valence-corrected chi connectivity index (χ3v) is 4.00. The number of halogens is 1. The van der Waals surface area contributed by atoms with Crippen LogP contribution in [0.25, 0.3) is 0 Å². The van der Waals surface area contributed by atoms with Crippen molar-refractivity contribution in [2.75, 3.05) is 20.8 Å². The van der Waals surface area contributed by atoms with E-state index in [0.29, 0.717) is 6.61 Å². The summed E-state index contributed by atoms with van der Waals surface area (Å²) < 4.78 is 11.9. The summed E-state index contributed by atoms with van der Waals surface area (Å²) in [5, 5.41) is 3.35. The minimum atomic E-state index is 0.0881. The Hall–Kier alpha value is -1.52. The molecule has 2 rings (SSSR count).